The molecular weight excluding hydrogens is 543 g/mol. The van der Waals surface area contributed by atoms with Crippen molar-refractivity contribution in [2.75, 3.05) is 19.8 Å². The standard InChI is InChI=1S/C28H28Cl2N4O3S/c1-15(2)23-24(26(36)33-12-22(35)31-20-13-37-14-21(20)33)38-27-32-28(3,17-6-10-19(30)11-7-17)25(34(23)27)16-4-8-18(29)9-5-16/h4-11,15,20-21,25H,12-14H2,1-3H3,(H,31,35)/t20-,21+,25-,28+/m1/s1. The maximum atomic E-state index is 14.1. The zero-order valence-corrected chi connectivity index (χ0v) is 23.6. The Morgan fingerprint density at radius 1 is 1.11 bits per heavy atom. The van der Waals surface area contributed by atoms with Crippen molar-refractivity contribution in [3.8, 4) is 0 Å². The summed E-state index contributed by atoms with van der Waals surface area (Å²) >= 11 is 13.9. The highest BCUT2D eigenvalue weighted by Crippen LogP contribution is 2.56. The fourth-order valence-corrected chi connectivity index (χ4v) is 7.54. The first-order valence-electron chi connectivity index (χ1n) is 12.7. The molecule has 6 rings (SSSR count). The fraction of sp³-hybridized carbons (Fsp3) is 0.393. The number of carbonyl (C=O) groups is 2. The van der Waals surface area contributed by atoms with Gasteiger partial charge in [0.05, 0.1) is 31.3 Å². The number of carbonyl (C=O) groups excluding carboxylic acids is 2. The van der Waals surface area contributed by atoms with E-state index in [0.29, 0.717) is 28.2 Å². The number of allylic oxidation sites excluding steroid dienone is 1. The Labute approximate surface area is 236 Å². The van der Waals surface area contributed by atoms with E-state index in [1.807, 2.05) is 48.5 Å². The molecule has 7 nitrogen and oxygen atoms in total. The summed E-state index contributed by atoms with van der Waals surface area (Å²) < 4.78 is 5.62. The zero-order chi connectivity index (χ0) is 26.8. The fourth-order valence-electron chi connectivity index (χ4n) is 5.93. The minimum atomic E-state index is -0.634. The number of hydrogen-bond acceptors (Lipinski definition) is 6. The lowest BCUT2D eigenvalue weighted by atomic mass is 9.81. The number of nitrogens with zero attached hydrogens (tertiary/aromatic N) is 3. The minimum Gasteiger partial charge on any atom is -0.377 e. The molecule has 38 heavy (non-hydrogen) atoms. The number of rotatable bonds is 4. The van der Waals surface area contributed by atoms with Gasteiger partial charge in [0, 0.05) is 15.7 Å². The SMILES string of the molecule is CC(C)C1=C(C(=O)N2CC(=O)N[C@@H]3COC[C@@H]32)SC2=N[C@@](C)(c3ccc(Cl)cc3)[C@@H](c3ccc(Cl)cc3)N21. The molecule has 10 heteroatoms. The number of thioether (sulfide) groups is 1. The van der Waals surface area contributed by atoms with E-state index in [1.54, 1.807) is 4.90 Å². The third-order valence-electron chi connectivity index (χ3n) is 7.74. The molecule has 0 spiro atoms. The number of ether oxygens (including phenoxy) is 1. The van der Waals surface area contributed by atoms with Crippen LogP contribution in [0.1, 0.15) is 37.9 Å². The summed E-state index contributed by atoms with van der Waals surface area (Å²) in [5.41, 5.74) is 2.35. The van der Waals surface area contributed by atoms with E-state index < -0.39 is 5.54 Å². The lowest BCUT2D eigenvalue weighted by molar-refractivity contribution is -0.138. The molecule has 198 valence electrons. The average molecular weight is 572 g/mol. The topological polar surface area (TPSA) is 74.2 Å². The predicted octanol–water partition coefficient (Wildman–Crippen LogP) is 4.96. The largest absolute Gasteiger partial charge is 0.377 e. The van der Waals surface area contributed by atoms with Gasteiger partial charge in [-0.15, -0.1) is 0 Å². The van der Waals surface area contributed by atoms with Crippen LogP contribution in [0.3, 0.4) is 0 Å². The average Bonchev–Trinajstić information content (AvgIpc) is 3.56. The van der Waals surface area contributed by atoms with Crippen LogP contribution in [0.25, 0.3) is 0 Å². The van der Waals surface area contributed by atoms with Crippen molar-refractivity contribution < 1.29 is 14.3 Å². The van der Waals surface area contributed by atoms with Crippen LogP contribution in [0.2, 0.25) is 10.0 Å². The van der Waals surface area contributed by atoms with Crippen molar-refractivity contribution in [1.82, 2.24) is 15.1 Å². The van der Waals surface area contributed by atoms with E-state index in [9.17, 15) is 9.59 Å². The highest BCUT2D eigenvalue weighted by molar-refractivity contribution is 8.18. The summed E-state index contributed by atoms with van der Waals surface area (Å²) in [4.78, 5) is 36.3. The molecule has 0 bridgehead atoms. The molecule has 2 aromatic rings. The summed E-state index contributed by atoms with van der Waals surface area (Å²) in [7, 11) is 0. The molecule has 0 saturated carbocycles. The van der Waals surface area contributed by atoms with E-state index >= 15 is 0 Å². The number of piperazine rings is 1. The number of fused-ring (bicyclic) bond motifs is 2. The smallest absolute Gasteiger partial charge is 0.263 e. The Morgan fingerprint density at radius 3 is 2.42 bits per heavy atom. The van der Waals surface area contributed by atoms with Gasteiger partial charge in [0.2, 0.25) is 5.91 Å². The van der Waals surface area contributed by atoms with E-state index in [0.717, 1.165) is 22.0 Å². The second-order valence-electron chi connectivity index (χ2n) is 10.6. The second-order valence-corrected chi connectivity index (χ2v) is 12.4. The number of halogens is 2. The summed E-state index contributed by atoms with van der Waals surface area (Å²) in [6, 6.07) is 15.1. The van der Waals surface area contributed by atoms with Gasteiger partial charge < -0.3 is 19.9 Å². The molecular formula is C28H28Cl2N4O3S. The highest BCUT2D eigenvalue weighted by Gasteiger charge is 2.54. The summed E-state index contributed by atoms with van der Waals surface area (Å²) in [6.45, 7) is 7.16. The zero-order valence-electron chi connectivity index (χ0n) is 21.3. The number of nitrogens with one attached hydrogen (secondary N) is 1. The number of amidine groups is 1. The lowest BCUT2D eigenvalue weighted by Crippen LogP contribution is -2.61. The van der Waals surface area contributed by atoms with Crippen LogP contribution < -0.4 is 5.32 Å². The molecule has 2 amide bonds. The molecule has 0 radical (unpaired) electrons. The molecule has 0 aliphatic carbocycles. The summed E-state index contributed by atoms with van der Waals surface area (Å²) in [6.07, 6.45) is 0. The monoisotopic (exact) mass is 570 g/mol. The van der Waals surface area contributed by atoms with Gasteiger partial charge in [0.15, 0.2) is 5.17 Å². The Hall–Kier alpha value is -2.52. The van der Waals surface area contributed by atoms with E-state index in [-0.39, 0.29) is 42.4 Å². The maximum Gasteiger partial charge on any atom is 0.263 e. The van der Waals surface area contributed by atoms with E-state index in [4.69, 9.17) is 32.9 Å². The normalized spacial score (nSPS) is 28.5. The highest BCUT2D eigenvalue weighted by atomic mass is 35.5. The first-order valence-corrected chi connectivity index (χ1v) is 14.3. The first kappa shape index (κ1) is 25.7. The van der Waals surface area contributed by atoms with Gasteiger partial charge in [-0.2, -0.15) is 0 Å². The summed E-state index contributed by atoms with van der Waals surface area (Å²) in [5.74, 6) is -0.271. The van der Waals surface area contributed by atoms with E-state index in [2.05, 4.69) is 31.0 Å². The number of hydrogen-bond donors (Lipinski definition) is 1. The lowest BCUT2D eigenvalue weighted by Gasteiger charge is -2.38. The third kappa shape index (κ3) is 4.13. The van der Waals surface area contributed by atoms with Crippen molar-refractivity contribution in [2.24, 2.45) is 10.9 Å². The minimum absolute atomic E-state index is 0.0222. The number of aliphatic imine (C=N–C) groups is 1. The summed E-state index contributed by atoms with van der Waals surface area (Å²) in [5, 5.41) is 5.05. The van der Waals surface area contributed by atoms with Crippen molar-refractivity contribution in [3.63, 3.8) is 0 Å². The number of benzene rings is 2. The van der Waals surface area contributed by atoms with E-state index in [1.165, 1.54) is 11.8 Å². The van der Waals surface area contributed by atoms with Gasteiger partial charge in [-0.1, -0.05) is 61.3 Å². The molecule has 0 aromatic heterocycles. The Morgan fingerprint density at radius 2 is 1.76 bits per heavy atom. The molecule has 2 fully saturated rings. The molecule has 4 aliphatic rings. The van der Waals surface area contributed by atoms with Crippen LogP contribution in [-0.2, 0) is 19.9 Å². The van der Waals surface area contributed by atoms with Gasteiger partial charge in [-0.3, -0.25) is 9.59 Å². The molecule has 2 saturated heterocycles. The quantitative estimate of drug-likeness (QED) is 0.562. The van der Waals surface area contributed by atoms with Gasteiger partial charge in [0.25, 0.3) is 5.91 Å². The molecule has 4 heterocycles. The number of amides is 2. The Bertz CT molecular complexity index is 1360. The van der Waals surface area contributed by atoms with Crippen LogP contribution >= 0.6 is 35.0 Å². The molecule has 1 N–H and O–H groups in total. The molecule has 4 aliphatic heterocycles. The van der Waals surface area contributed by atoms with Crippen LogP contribution in [0, 0.1) is 5.92 Å². The van der Waals surface area contributed by atoms with Crippen LogP contribution in [0.5, 0.6) is 0 Å². The van der Waals surface area contributed by atoms with Gasteiger partial charge in [-0.05, 0) is 60.0 Å². The van der Waals surface area contributed by atoms with Crippen molar-refractivity contribution in [3.05, 3.63) is 80.3 Å². The van der Waals surface area contributed by atoms with Gasteiger partial charge in [0.1, 0.15) is 17.0 Å². The molecule has 2 aromatic carbocycles. The third-order valence-corrected chi connectivity index (χ3v) is 9.30. The van der Waals surface area contributed by atoms with Crippen molar-refractivity contribution in [1.29, 1.82) is 0 Å². The molecule has 4 atom stereocenters. The maximum absolute atomic E-state index is 14.1. The van der Waals surface area contributed by atoms with Gasteiger partial charge in [-0.25, -0.2) is 4.99 Å². The van der Waals surface area contributed by atoms with Crippen LogP contribution in [0.15, 0.2) is 64.1 Å². The van der Waals surface area contributed by atoms with Crippen LogP contribution in [-0.4, -0.2) is 58.6 Å². The predicted molar refractivity (Wildman–Crippen MR) is 150 cm³/mol. The Balaban J connectivity index is 1.45. The van der Waals surface area contributed by atoms with Crippen molar-refractivity contribution >= 4 is 51.9 Å². The first-order chi connectivity index (χ1) is 18.2. The van der Waals surface area contributed by atoms with Crippen LogP contribution in [0.4, 0.5) is 0 Å². The molecule has 0 unspecified atom stereocenters. The van der Waals surface area contributed by atoms with Gasteiger partial charge >= 0.3 is 0 Å². The van der Waals surface area contributed by atoms with Crippen molar-refractivity contribution in [2.45, 2.75) is 44.4 Å². The second kappa shape index (κ2) is 9.59. The Kier molecular flexibility index (Phi) is 6.50.